The number of nitrogens with zero attached hydrogens (tertiary/aromatic N) is 2. The maximum absolute atomic E-state index is 12.5. The van der Waals surface area contributed by atoms with Crippen LogP contribution in [-0.2, 0) is 4.74 Å². The van der Waals surface area contributed by atoms with Gasteiger partial charge in [0.15, 0.2) is 0 Å². The Morgan fingerprint density at radius 2 is 2.00 bits per heavy atom. The number of pyridine rings is 1. The number of esters is 1. The summed E-state index contributed by atoms with van der Waals surface area (Å²) in [6.07, 6.45) is 2.13. The predicted molar refractivity (Wildman–Crippen MR) is 117 cm³/mol. The van der Waals surface area contributed by atoms with Crippen molar-refractivity contribution >= 4 is 28.7 Å². The summed E-state index contributed by atoms with van der Waals surface area (Å²) in [5.74, 6) is -0.718. The lowest BCUT2D eigenvalue weighted by atomic mass is 10.1. The molecule has 0 atom stereocenters. The fourth-order valence-corrected chi connectivity index (χ4v) is 2.97. The summed E-state index contributed by atoms with van der Waals surface area (Å²) in [5.41, 5.74) is 0.190. The first kappa shape index (κ1) is 21.5. The Morgan fingerprint density at radius 3 is 2.76 bits per heavy atom. The van der Waals surface area contributed by atoms with Gasteiger partial charge in [0.1, 0.15) is 17.1 Å². The highest BCUT2D eigenvalue weighted by Gasteiger charge is 2.18. The standard InChI is InChI=1S/C23H17N3O7/c1-2-31-23(30)25-18-11-15(32-22(29)13-4-3-9-24-12-13)6-7-16(18)21-26-20(28)17-10-14(27)5-8-19(17)33-21/h3-12,27H,2H2,1H3,(H,25,30). The maximum atomic E-state index is 12.5. The van der Waals surface area contributed by atoms with Crippen LogP contribution in [0.5, 0.6) is 11.5 Å². The highest BCUT2D eigenvalue weighted by atomic mass is 16.5. The molecule has 0 aliphatic carbocycles. The lowest BCUT2D eigenvalue weighted by Gasteiger charge is -2.12. The van der Waals surface area contributed by atoms with E-state index in [2.05, 4.69) is 15.3 Å². The molecule has 2 aromatic carbocycles. The zero-order chi connectivity index (χ0) is 23.4. The van der Waals surface area contributed by atoms with Crippen LogP contribution in [0.1, 0.15) is 17.3 Å². The Kier molecular flexibility index (Phi) is 5.98. The van der Waals surface area contributed by atoms with Gasteiger partial charge in [0, 0.05) is 18.5 Å². The second-order valence-electron chi connectivity index (χ2n) is 6.69. The summed E-state index contributed by atoms with van der Waals surface area (Å²) >= 11 is 0. The third-order valence-electron chi connectivity index (χ3n) is 4.44. The van der Waals surface area contributed by atoms with Crippen LogP contribution >= 0.6 is 0 Å². The molecule has 0 saturated heterocycles. The normalized spacial score (nSPS) is 10.6. The number of phenolic OH excluding ortho intramolecular Hbond substituents is 1. The molecule has 4 aromatic rings. The fraction of sp³-hybridized carbons (Fsp3) is 0.0870. The SMILES string of the molecule is CCOC(=O)Nc1cc(OC(=O)c2cccnc2)ccc1-c1nc(=O)c2cc(O)ccc2o1. The second-order valence-corrected chi connectivity index (χ2v) is 6.69. The Hall–Kier alpha value is -4.73. The molecule has 10 heteroatoms. The molecule has 0 bridgehead atoms. The number of amides is 1. The molecule has 0 unspecified atom stereocenters. The van der Waals surface area contributed by atoms with E-state index in [9.17, 15) is 19.5 Å². The van der Waals surface area contributed by atoms with E-state index in [1.54, 1.807) is 19.1 Å². The van der Waals surface area contributed by atoms with Crippen LogP contribution in [0.4, 0.5) is 10.5 Å². The molecule has 33 heavy (non-hydrogen) atoms. The monoisotopic (exact) mass is 447 g/mol. The van der Waals surface area contributed by atoms with Crippen molar-refractivity contribution in [2.24, 2.45) is 0 Å². The number of nitrogens with one attached hydrogen (secondary N) is 1. The van der Waals surface area contributed by atoms with Crippen LogP contribution in [0.3, 0.4) is 0 Å². The van der Waals surface area contributed by atoms with Crippen molar-refractivity contribution in [1.82, 2.24) is 9.97 Å². The fourth-order valence-electron chi connectivity index (χ4n) is 2.97. The molecule has 2 heterocycles. The molecule has 4 rings (SSSR count). The van der Waals surface area contributed by atoms with E-state index in [0.717, 1.165) is 0 Å². The Labute approximate surface area is 186 Å². The number of aromatic hydroxyl groups is 1. The number of rotatable bonds is 5. The van der Waals surface area contributed by atoms with Gasteiger partial charge >= 0.3 is 12.1 Å². The van der Waals surface area contributed by atoms with E-state index in [0.29, 0.717) is 0 Å². The molecule has 166 valence electrons. The van der Waals surface area contributed by atoms with Crippen LogP contribution in [0, 0.1) is 0 Å². The molecular formula is C23H17N3O7. The number of ether oxygens (including phenoxy) is 2. The van der Waals surface area contributed by atoms with E-state index in [1.165, 1.54) is 48.8 Å². The van der Waals surface area contributed by atoms with Gasteiger partial charge in [0.05, 0.1) is 28.8 Å². The highest BCUT2D eigenvalue weighted by Crippen LogP contribution is 2.32. The topological polar surface area (TPSA) is 141 Å². The first-order valence-corrected chi connectivity index (χ1v) is 9.79. The smallest absolute Gasteiger partial charge is 0.411 e. The van der Waals surface area contributed by atoms with Gasteiger partial charge in [0.25, 0.3) is 5.56 Å². The number of anilines is 1. The quantitative estimate of drug-likeness (QED) is 0.346. The van der Waals surface area contributed by atoms with Crippen molar-refractivity contribution in [3.05, 3.63) is 76.8 Å². The minimum absolute atomic E-state index is 0.0878. The van der Waals surface area contributed by atoms with Crippen LogP contribution in [0.2, 0.25) is 0 Å². The van der Waals surface area contributed by atoms with Crippen molar-refractivity contribution in [1.29, 1.82) is 0 Å². The maximum Gasteiger partial charge on any atom is 0.411 e. The molecule has 0 aliphatic rings. The Balaban J connectivity index is 1.75. The molecule has 2 aromatic heterocycles. The van der Waals surface area contributed by atoms with Gasteiger partial charge in [-0.3, -0.25) is 15.1 Å². The Morgan fingerprint density at radius 1 is 1.15 bits per heavy atom. The number of hydrogen-bond acceptors (Lipinski definition) is 9. The van der Waals surface area contributed by atoms with E-state index >= 15 is 0 Å². The number of aromatic nitrogens is 2. The number of hydrogen-bond donors (Lipinski definition) is 2. The van der Waals surface area contributed by atoms with Crippen LogP contribution in [-0.4, -0.2) is 33.7 Å². The number of carbonyl (C=O) groups excluding carboxylic acids is 2. The summed E-state index contributed by atoms with van der Waals surface area (Å²) in [4.78, 5) is 44.7. The minimum Gasteiger partial charge on any atom is -0.508 e. The number of fused-ring (bicyclic) bond motifs is 1. The van der Waals surface area contributed by atoms with Crippen molar-refractivity contribution in [2.75, 3.05) is 11.9 Å². The van der Waals surface area contributed by atoms with Gasteiger partial charge in [-0.2, -0.15) is 4.98 Å². The second kappa shape index (κ2) is 9.18. The molecule has 0 saturated carbocycles. The van der Waals surface area contributed by atoms with Gasteiger partial charge in [0.2, 0.25) is 5.89 Å². The lowest BCUT2D eigenvalue weighted by molar-refractivity contribution is 0.0734. The van der Waals surface area contributed by atoms with Crippen molar-refractivity contribution in [3.8, 4) is 23.0 Å². The van der Waals surface area contributed by atoms with Gasteiger partial charge in [-0.15, -0.1) is 0 Å². The number of benzene rings is 2. The summed E-state index contributed by atoms with van der Waals surface area (Å²) < 4.78 is 16.0. The molecule has 1 amide bonds. The number of phenols is 1. The first-order chi connectivity index (χ1) is 15.9. The van der Waals surface area contributed by atoms with Gasteiger partial charge in [-0.05, 0) is 49.4 Å². The molecule has 0 radical (unpaired) electrons. The average molecular weight is 447 g/mol. The molecule has 10 nitrogen and oxygen atoms in total. The minimum atomic E-state index is -0.762. The predicted octanol–water partition coefficient (Wildman–Crippen LogP) is 3.74. The van der Waals surface area contributed by atoms with Gasteiger partial charge in [-0.1, -0.05) is 0 Å². The largest absolute Gasteiger partial charge is 0.508 e. The van der Waals surface area contributed by atoms with Gasteiger partial charge < -0.3 is 19.0 Å². The summed E-state index contributed by atoms with van der Waals surface area (Å²) in [5, 5.41) is 12.2. The average Bonchev–Trinajstić information content (AvgIpc) is 2.80. The van der Waals surface area contributed by atoms with Crippen molar-refractivity contribution < 1.29 is 28.6 Å². The zero-order valence-electron chi connectivity index (χ0n) is 17.3. The van der Waals surface area contributed by atoms with Crippen LogP contribution < -0.4 is 15.6 Å². The summed E-state index contributed by atoms with van der Waals surface area (Å²) in [6, 6.07) is 11.5. The van der Waals surface area contributed by atoms with E-state index in [-0.39, 0.29) is 51.8 Å². The molecule has 0 spiro atoms. The van der Waals surface area contributed by atoms with Crippen LogP contribution in [0.25, 0.3) is 22.4 Å². The third-order valence-corrected chi connectivity index (χ3v) is 4.44. The molecular weight excluding hydrogens is 430 g/mol. The van der Waals surface area contributed by atoms with E-state index in [1.807, 2.05) is 0 Å². The molecule has 2 N–H and O–H groups in total. The first-order valence-electron chi connectivity index (χ1n) is 9.79. The van der Waals surface area contributed by atoms with Crippen LogP contribution in [0.15, 0.2) is 70.1 Å². The summed E-state index contributed by atoms with van der Waals surface area (Å²) in [7, 11) is 0. The van der Waals surface area contributed by atoms with Gasteiger partial charge in [-0.25, -0.2) is 9.59 Å². The van der Waals surface area contributed by atoms with Crippen molar-refractivity contribution in [3.63, 3.8) is 0 Å². The Bertz CT molecular complexity index is 1400. The van der Waals surface area contributed by atoms with E-state index < -0.39 is 17.6 Å². The highest BCUT2D eigenvalue weighted by molar-refractivity contribution is 5.93. The van der Waals surface area contributed by atoms with Crippen molar-refractivity contribution in [2.45, 2.75) is 6.92 Å². The summed E-state index contributed by atoms with van der Waals surface area (Å²) in [6.45, 7) is 1.77. The zero-order valence-corrected chi connectivity index (χ0v) is 17.3. The number of carbonyl (C=O) groups is 2. The third kappa shape index (κ3) is 4.79. The lowest BCUT2D eigenvalue weighted by Crippen LogP contribution is -2.15. The van der Waals surface area contributed by atoms with E-state index in [4.69, 9.17) is 13.9 Å². The molecule has 0 aliphatic heterocycles. The molecule has 0 fully saturated rings.